The Morgan fingerprint density at radius 3 is 2.40 bits per heavy atom. The van der Waals surface area contributed by atoms with Crippen molar-refractivity contribution in [1.29, 1.82) is 0 Å². The highest BCUT2D eigenvalue weighted by Gasteiger charge is 2.19. The zero-order chi connectivity index (χ0) is 11.3. The van der Waals surface area contributed by atoms with Crippen molar-refractivity contribution >= 4 is 22.6 Å². The van der Waals surface area contributed by atoms with Gasteiger partial charge in [0.05, 0.1) is 18.8 Å². The topological polar surface area (TPSA) is 29.5 Å². The molecule has 0 fully saturated rings. The minimum absolute atomic E-state index is 0.128. The van der Waals surface area contributed by atoms with Gasteiger partial charge in [0.15, 0.2) is 0 Å². The van der Waals surface area contributed by atoms with Crippen molar-refractivity contribution in [2.75, 3.05) is 0 Å². The number of hydrogen-bond acceptors (Lipinski definition) is 2. The molecule has 0 radical (unpaired) electrons. The van der Waals surface area contributed by atoms with Crippen molar-refractivity contribution < 1.29 is 9.84 Å². The van der Waals surface area contributed by atoms with Crippen molar-refractivity contribution in [2.45, 2.75) is 36.6 Å². The highest BCUT2D eigenvalue weighted by Crippen LogP contribution is 2.13. The van der Waals surface area contributed by atoms with Crippen LogP contribution in [0.3, 0.4) is 0 Å². The predicted molar refractivity (Wildman–Crippen MR) is 70.2 cm³/mol. The zero-order valence-electron chi connectivity index (χ0n) is 9.06. The van der Waals surface area contributed by atoms with E-state index in [9.17, 15) is 5.11 Å². The van der Waals surface area contributed by atoms with Gasteiger partial charge in [-0.1, -0.05) is 59.8 Å². The Labute approximate surface area is 105 Å². The van der Waals surface area contributed by atoms with Crippen LogP contribution < -0.4 is 0 Å². The average molecular weight is 320 g/mol. The molecule has 1 aromatic rings. The van der Waals surface area contributed by atoms with Gasteiger partial charge < -0.3 is 9.84 Å². The Morgan fingerprint density at radius 1 is 1.27 bits per heavy atom. The molecule has 3 heteroatoms. The maximum absolute atomic E-state index is 9.74. The molecule has 0 aliphatic carbocycles. The van der Waals surface area contributed by atoms with Crippen LogP contribution in [-0.2, 0) is 11.3 Å². The number of aliphatic hydroxyl groups is 1. The second-order valence-corrected chi connectivity index (χ2v) is 5.63. The van der Waals surface area contributed by atoms with E-state index >= 15 is 0 Å². The fourth-order valence-electron chi connectivity index (χ4n) is 1.27. The smallest absolute Gasteiger partial charge is 0.0913 e. The summed E-state index contributed by atoms with van der Waals surface area (Å²) in [5, 5.41) is 9.74. The van der Waals surface area contributed by atoms with Crippen molar-refractivity contribution in [3.63, 3.8) is 0 Å². The summed E-state index contributed by atoms with van der Waals surface area (Å²) < 4.78 is 5.80. The summed E-state index contributed by atoms with van der Waals surface area (Å²) in [5.41, 5.74) is 1.14. The first kappa shape index (κ1) is 12.9. The van der Waals surface area contributed by atoms with Gasteiger partial charge in [0.25, 0.3) is 0 Å². The number of halogens is 1. The Bertz CT molecular complexity index is 274. The minimum atomic E-state index is -0.408. The van der Waals surface area contributed by atoms with Crippen LogP contribution in [0.4, 0.5) is 0 Å². The van der Waals surface area contributed by atoms with Crippen LogP contribution in [-0.4, -0.2) is 21.2 Å². The van der Waals surface area contributed by atoms with E-state index in [2.05, 4.69) is 22.6 Å². The van der Waals surface area contributed by atoms with E-state index in [0.717, 1.165) is 5.56 Å². The number of alkyl halides is 1. The summed E-state index contributed by atoms with van der Waals surface area (Å²) in [7, 11) is 0. The quantitative estimate of drug-likeness (QED) is 0.668. The van der Waals surface area contributed by atoms with Gasteiger partial charge >= 0.3 is 0 Å². The molecule has 1 rings (SSSR count). The van der Waals surface area contributed by atoms with E-state index in [4.69, 9.17) is 4.74 Å². The molecule has 1 unspecified atom stereocenters. The van der Waals surface area contributed by atoms with Crippen LogP contribution in [0, 0.1) is 0 Å². The number of hydrogen-bond donors (Lipinski definition) is 1. The fraction of sp³-hybridized carbons (Fsp3) is 0.500. The first-order valence-corrected chi connectivity index (χ1v) is 6.33. The van der Waals surface area contributed by atoms with Gasteiger partial charge in [-0.25, -0.2) is 0 Å². The lowest BCUT2D eigenvalue weighted by Crippen LogP contribution is -2.32. The molecular weight excluding hydrogens is 303 g/mol. The lowest BCUT2D eigenvalue weighted by molar-refractivity contribution is -0.0319. The molecule has 0 amide bonds. The number of ether oxygens (including phenoxy) is 1. The molecule has 0 heterocycles. The van der Waals surface area contributed by atoms with Crippen molar-refractivity contribution in [1.82, 2.24) is 0 Å². The highest BCUT2D eigenvalue weighted by atomic mass is 127. The minimum Gasteiger partial charge on any atom is -0.389 e. The Hall–Kier alpha value is -0.130. The van der Waals surface area contributed by atoms with Crippen molar-refractivity contribution in [3.8, 4) is 0 Å². The lowest BCUT2D eigenvalue weighted by atomic mass is 10.2. The molecule has 0 aromatic heterocycles. The normalized spacial score (nSPS) is 17.1. The van der Waals surface area contributed by atoms with Gasteiger partial charge in [0.2, 0.25) is 0 Å². The van der Waals surface area contributed by atoms with Crippen LogP contribution in [0.15, 0.2) is 30.3 Å². The van der Waals surface area contributed by atoms with Crippen LogP contribution in [0.5, 0.6) is 0 Å². The summed E-state index contributed by atoms with van der Waals surface area (Å²) in [6, 6.07) is 10.00. The Morgan fingerprint density at radius 2 is 1.87 bits per heavy atom. The number of aliphatic hydroxyl groups excluding tert-OH is 1. The van der Waals surface area contributed by atoms with E-state index in [1.807, 2.05) is 44.2 Å². The zero-order valence-corrected chi connectivity index (χ0v) is 11.2. The first-order chi connectivity index (χ1) is 7.11. The van der Waals surface area contributed by atoms with Gasteiger partial charge in [0.1, 0.15) is 0 Å². The summed E-state index contributed by atoms with van der Waals surface area (Å²) >= 11 is 2.21. The van der Waals surface area contributed by atoms with Crippen LogP contribution in [0.2, 0.25) is 0 Å². The maximum Gasteiger partial charge on any atom is 0.0913 e. The van der Waals surface area contributed by atoms with E-state index in [1.165, 1.54) is 0 Å². The van der Waals surface area contributed by atoms with Gasteiger partial charge in [-0.2, -0.15) is 0 Å². The largest absolute Gasteiger partial charge is 0.389 e. The molecule has 0 bridgehead atoms. The molecule has 15 heavy (non-hydrogen) atoms. The number of rotatable bonds is 5. The Balaban J connectivity index is 2.37. The molecule has 0 aliphatic heterocycles. The van der Waals surface area contributed by atoms with Crippen molar-refractivity contribution in [2.24, 2.45) is 0 Å². The molecule has 1 aromatic carbocycles. The molecular formula is C12H17IO2. The van der Waals surface area contributed by atoms with Crippen LogP contribution >= 0.6 is 22.6 Å². The van der Waals surface area contributed by atoms with Gasteiger partial charge in [-0.3, -0.25) is 0 Å². The lowest BCUT2D eigenvalue weighted by Gasteiger charge is -2.21. The predicted octanol–water partition coefficient (Wildman–Crippen LogP) is 2.78. The molecule has 3 atom stereocenters. The second kappa shape index (κ2) is 6.45. The summed E-state index contributed by atoms with van der Waals surface area (Å²) in [6.45, 7) is 4.44. The molecule has 0 aliphatic rings. The molecule has 84 valence electrons. The third-order valence-electron chi connectivity index (χ3n) is 2.31. The molecule has 1 N–H and O–H groups in total. The van der Waals surface area contributed by atoms with E-state index in [1.54, 1.807) is 0 Å². The standard InChI is InChI=1S/C12H17IO2/c1-9(13)12(14)10(2)15-8-11-6-4-3-5-7-11/h3-7,9-10,12,14H,8H2,1-2H3/t9-,10?,12+/m1/s1. The summed E-state index contributed by atoms with van der Waals surface area (Å²) in [4.78, 5) is 0. The average Bonchev–Trinajstić information content (AvgIpc) is 2.26. The monoisotopic (exact) mass is 320 g/mol. The molecule has 2 nitrogen and oxygen atoms in total. The molecule has 0 saturated carbocycles. The van der Waals surface area contributed by atoms with Crippen LogP contribution in [0.25, 0.3) is 0 Å². The van der Waals surface area contributed by atoms with Gasteiger partial charge in [0, 0.05) is 3.92 Å². The first-order valence-electron chi connectivity index (χ1n) is 5.09. The molecule has 0 spiro atoms. The van der Waals surface area contributed by atoms with E-state index in [0.29, 0.717) is 6.61 Å². The highest BCUT2D eigenvalue weighted by molar-refractivity contribution is 14.1. The maximum atomic E-state index is 9.74. The SMILES string of the molecule is CC(OCc1ccccc1)[C@@H](O)[C@@H](C)I. The molecule has 0 saturated heterocycles. The third-order valence-corrected chi connectivity index (χ3v) is 3.04. The van der Waals surface area contributed by atoms with Gasteiger partial charge in [-0.15, -0.1) is 0 Å². The second-order valence-electron chi connectivity index (χ2n) is 3.67. The summed E-state index contributed by atoms with van der Waals surface area (Å²) in [5.74, 6) is 0. The van der Waals surface area contributed by atoms with E-state index in [-0.39, 0.29) is 10.0 Å². The summed E-state index contributed by atoms with van der Waals surface area (Å²) in [6.07, 6.45) is -0.536. The number of benzene rings is 1. The third kappa shape index (κ3) is 4.49. The Kier molecular flexibility index (Phi) is 5.56. The van der Waals surface area contributed by atoms with Crippen molar-refractivity contribution in [3.05, 3.63) is 35.9 Å². The fourth-order valence-corrected chi connectivity index (χ4v) is 1.86. The van der Waals surface area contributed by atoms with E-state index < -0.39 is 6.10 Å². The van der Waals surface area contributed by atoms with Gasteiger partial charge in [-0.05, 0) is 12.5 Å². The van der Waals surface area contributed by atoms with Crippen LogP contribution in [0.1, 0.15) is 19.4 Å².